The van der Waals surface area contributed by atoms with Crippen molar-refractivity contribution in [3.63, 3.8) is 0 Å². The van der Waals surface area contributed by atoms with Gasteiger partial charge in [0.05, 0.1) is 30.8 Å². The molecule has 0 spiro atoms. The predicted octanol–water partition coefficient (Wildman–Crippen LogP) is 2.46. The van der Waals surface area contributed by atoms with Crippen molar-refractivity contribution in [1.82, 2.24) is 4.98 Å². The molecule has 2 heterocycles. The SMILES string of the molecule is CCOC(=O)Cc1[nH]c2ccc(O)c(C3=COCO3)c2c1C(=O)OCC. The summed E-state index contributed by atoms with van der Waals surface area (Å²) in [5.74, 6) is -0.874. The molecule has 26 heavy (non-hydrogen) atoms. The zero-order chi connectivity index (χ0) is 18.7. The first-order valence-electron chi connectivity index (χ1n) is 8.21. The van der Waals surface area contributed by atoms with Crippen LogP contribution in [0.3, 0.4) is 0 Å². The van der Waals surface area contributed by atoms with Gasteiger partial charge in [0.25, 0.3) is 0 Å². The normalized spacial score (nSPS) is 13.1. The van der Waals surface area contributed by atoms with Crippen LogP contribution in [0.4, 0.5) is 0 Å². The molecule has 1 aromatic carbocycles. The summed E-state index contributed by atoms with van der Waals surface area (Å²) in [6, 6.07) is 3.09. The van der Waals surface area contributed by atoms with Crippen LogP contribution in [0.25, 0.3) is 16.7 Å². The van der Waals surface area contributed by atoms with Gasteiger partial charge in [0, 0.05) is 16.6 Å². The van der Waals surface area contributed by atoms with Crippen LogP contribution in [0.5, 0.6) is 5.75 Å². The highest BCUT2D eigenvalue weighted by Gasteiger charge is 2.28. The molecule has 8 nitrogen and oxygen atoms in total. The molecule has 2 N–H and O–H groups in total. The van der Waals surface area contributed by atoms with E-state index in [9.17, 15) is 14.7 Å². The first-order valence-corrected chi connectivity index (χ1v) is 8.21. The highest BCUT2D eigenvalue weighted by atomic mass is 16.7. The molecule has 2 aromatic rings. The van der Waals surface area contributed by atoms with Crippen molar-refractivity contribution in [2.24, 2.45) is 0 Å². The van der Waals surface area contributed by atoms with Crippen LogP contribution in [0.2, 0.25) is 0 Å². The van der Waals surface area contributed by atoms with Gasteiger partial charge in [0.1, 0.15) is 12.0 Å². The second kappa shape index (κ2) is 7.38. The van der Waals surface area contributed by atoms with Crippen molar-refractivity contribution in [3.8, 4) is 5.75 Å². The molecule has 0 atom stereocenters. The van der Waals surface area contributed by atoms with Crippen molar-refractivity contribution in [2.75, 3.05) is 20.0 Å². The number of rotatable bonds is 6. The number of aromatic nitrogens is 1. The summed E-state index contributed by atoms with van der Waals surface area (Å²) in [5.41, 5.74) is 1.37. The van der Waals surface area contributed by atoms with Crippen LogP contribution in [0.1, 0.15) is 35.5 Å². The lowest BCUT2D eigenvalue weighted by atomic mass is 10.0. The number of nitrogens with one attached hydrogen (secondary N) is 1. The number of aromatic amines is 1. The van der Waals surface area contributed by atoms with E-state index in [1.165, 1.54) is 12.3 Å². The lowest BCUT2D eigenvalue weighted by molar-refractivity contribution is -0.142. The Balaban J connectivity index is 2.21. The third-order valence-electron chi connectivity index (χ3n) is 3.85. The van der Waals surface area contributed by atoms with E-state index in [2.05, 4.69) is 4.98 Å². The third kappa shape index (κ3) is 3.17. The number of phenolic OH excluding ortho intramolecular Hbond substituents is 1. The number of phenols is 1. The quantitative estimate of drug-likeness (QED) is 0.761. The monoisotopic (exact) mass is 361 g/mol. The van der Waals surface area contributed by atoms with E-state index in [0.717, 1.165) is 0 Å². The van der Waals surface area contributed by atoms with Crippen molar-refractivity contribution < 1.29 is 33.6 Å². The maximum Gasteiger partial charge on any atom is 0.340 e. The summed E-state index contributed by atoms with van der Waals surface area (Å²) < 4.78 is 20.6. The summed E-state index contributed by atoms with van der Waals surface area (Å²) in [6.07, 6.45) is 1.23. The summed E-state index contributed by atoms with van der Waals surface area (Å²) in [7, 11) is 0. The minimum absolute atomic E-state index is 0.0139. The molecule has 0 radical (unpaired) electrons. The van der Waals surface area contributed by atoms with E-state index in [0.29, 0.717) is 27.9 Å². The predicted molar refractivity (Wildman–Crippen MR) is 91.3 cm³/mol. The van der Waals surface area contributed by atoms with Crippen LogP contribution in [-0.4, -0.2) is 42.0 Å². The Morgan fingerprint density at radius 1 is 1.23 bits per heavy atom. The van der Waals surface area contributed by atoms with Gasteiger partial charge in [-0.05, 0) is 26.0 Å². The van der Waals surface area contributed by atoms with E-state index >= 15 is 0 Å². The number of H-pyrrole nitrogens is 1. The zero-order valence-electron chi connectivity index (χ0n) is 14.5. The smallest absolute Gasteiger partial charge is 0.340 e. The third-order valence-corrected chi connectivity index (χ3v) is 3.85. The lowest BCUT2D eigenvalue weighted by Crippen LogP contribution is -2.13. The van der Waals surface area contributed by atoms with E-state index in [1.807, 2.05) is 0 Å². The largest absolute Gasteiger partial charge is 0.507 e. The van der Waals surface area contributed by atoms with E-state index in [4.69, 9.17) is 18.9 Å². The number of carbonyl (C=O) groups is 2. The molecule has 8 heteroatoms. The van der Waals surface area contributed by atoms with Gasteiger partial charge in [0.15, 0.2) is 5.76 Å². The highest BCUT2D eigenvalue weighted by molar-refractivity contribution is 6.10. The summed E-state index contributed by atoms with van der Waals surface area (Å²) >= 11 is 0. The number of hydrogen-bond acceptors (Lipinski definition) is 7. The Bertz CT molecular complexity index is 881. The summed E-state index contributed by atoms with van der Waals surface area (Å²) in [5, 5.41) is 10.7. The maximum absolute atomic E-state index is 12.6. The molecule has 1 aliphatic rings. The average Bonchev–Trinajstić information content (AvgIpc) is 3.23. The molecular weight excluding hydrogens is 342 g/mol. The molecule has 138 valence electrons. The standard InChI is InChI=1S/C18H19NO7/c1-3-24-14(21)7-11-16(18(22)25-4-2)15-10(19-11)5-6-12(20)17(15)13-8-23-9-26-13/h5-6,8,19-20H,3-4,7,9H2,1-2H3. The molecule has 0 aliphatic carbocycles. The van der Waals surface area contributed by atoms with Gasteiger partial charge in [-0.25, -0.2) is 4.79 Å². The van der Waals surface area contributed by atoms with Gasteiger partial charge in [-0.1, -0.05) is 0 Å². The van der Waals surface area contributed by atoms with Gasteiger partial charge in [-0.15, -0.1) is 0 Å². The number of esters is 2. The molecule has 0 bridgehead atoms. The van der Waals surface area contributed by atoms with Crippen LogP contribution in [0.15, 0.2) is 18.4 Å². The lowest BCUT2D eigenvalue weighted by Gasteiger charge is -2.09. The number of hydrogen-bond donors (Lipinski definition) is 2. The Kier molecular flexibility index (Phi) is 5.01. The van der Waals surface area contributed by atoms with Crippen molar-refractivity contribution in [1.29, 1.82) is 0 Å². The van der Waals surface area contributed by atoms with Gasteiger partial charge < -0.3 is 29.0 Å². The minimum Gasteiger partial charge on any atom is -0.507 e. The first-order chi connectivity index (χ1) is 12.6. The molecule has 1 aliphatic heterocycles. The molecular formula is C18H19NO7. The fourth-order valence-corrected chi connectivity index (χ4v) is 2.87. The Morgan fingerprint density at radius 2 is 2.00 bits per heavy atom. The van der Waals surface area contributed by atoms with Crippen LogP contribution < -0.4 is 0 Å². The van der Waals surface area contributed by atoms with Crippen LogP contribution in [-0.2, 0) is 30.2 Å². The fourth-order valence-electron chi connectivity index (χ4n) is 2.87. The molecule has 1 aromatic heterocycles. The number of ether oxygens (including phenoxy) is 4. The summed E-state index contributed by atoms with van der Waals surface area (Å²) in [6.45, 7) is 3.81. The van der Waals surface area contributed by atoms with Gasteiger partial charge in [-0.3, -0.25) is 4.79 Å². The van der Waals surface area contributed by atoms with Crippen molar-refractivity contribution in [2.45, 2.75) is 20.3 Å². The molecule has 0 unspecified atom stereocenters. The van der Waals surface area contributed by atoms with E-state index < -0.39 is 11.9 Å². The van der Waals surface area contributed by atoms with Crippen molar-refractivity contribution in [3.05, 3.63) is 35.2 Å². The van der Waals surface area contributed by atoms with Crippen LogP contribution >= 0.6 is 0 Å². The fraction of sp³-hybridized carbons (Fsp3) is 0.333. The van der Waals surface area contributed by atoms with E-state index in [1.54, 1.807) is 19.9 Å². The highest BCUT2D eigenvalue weighted by Crippen LogP contribution is 2.38. The molecule has 0 amide bonds. The Morgan fingerprint density at radius 3 is 2.65 bits per heavy atom. The van der Waals surface area contributed by atoms with Crippen molar-refractivity contribution >= 4 is 28.6 Å². The number of aromatic hydroxyl groups is 1. The molecule has 0 saturated heterocycles. The van der Waals surface area contributed by atoms with E-state index in [-0.39, 0.29) is 37.7 Å². The molecule has 3 rings (SSSR count). The first kappa shape index (κ1) is 17.7. The Hall–Kier alpha value is -3.16. The topological polar surface area (TPSA) is 107 Å². The Labute approximate surface area is 149 Å². The average molecular weight is 361 g/mol. The maximum atomic E-state index is 12.6. The van der Waals surface area contributed by atoms with Gasteiger partial charge in [0.2, 0.25) is 6.79 Å². The zero-order valence-corrected chi connectivity index (χ0v) is 14.5. The van der Waals surface area contributed by atoms with Gasteiger partial charge >= 0.3 is 11.9 Å². The second-order valence-corrected chi connectivity index (χ2v) is 5.47. The number of fused-ring (bicyclic) bond motifs is 1. The summed E-state index contributed by atoms with van der Waals surface area (Å²) in [4.78, 5) is 27.6. The number of carbonyl (C=O) groups excluding carboxylic acids is 2. The minimum atomic E-state index is -0.607. The molecule has 0 fully saturated rings. The number of benzene rings is 1. The molecule has 0 saturated carbocycles. The second-order valence-electron chi connectivity index (χ2n) is 5.47. The van der Waals surface area contributed by atoms with Gasteiger partial charge in [-0.2, -0.15) is 0 Å². The van der Waals surface area contributed by atoms with Crippen LogP contribution in [0, 0.1) is 0 Å².